The Bertz CT molecular complexity index is 3740. The summed E-state index contributed by atoms with van der Waals surface area (Å²) in [6, 6.07) is 44.8. The minimum Gasteiger partial charge on any atom is -0.455 e. The van der Waals surface area contributed by atoms with Gasteiger partial charge in [-0.05, 0) is 84.9 Å². The van der Waals surface area contributed by atoms with Crippen LogP contribution in [-0.2, 0) is 5.41 Å². The zero-order valence-electron chi connectivity index (χ0n) is 40.9. The van der Waals surface area contributed by atoms with Crippen LogP contribution in [0.25, 0.3) is 76.9 Å². The van der Waals surface area contributed by atoms with Crippen LogP contribution in [0.3, 0.4) is 0 Å². The quantitative estimate of drug-likeness (QED) is 0.164. The highest BCUT2D eigenvalue weighted by Crippen LogP contribution is 2.52. The predicted molar refractivity (Wildman–Crippen MR) is 322 cm³/mol. The largest absolute Gasteiger partial charge is 0.455 e. The van der Waals surface area contributed by atoms with Crippen molar-refractivity contribution in [1.29, 1.82) is 0 Å². The second-order valence-electron chi connectivity index (χ2n) is 19.9. The molecule has 0 saturated heterocycles. The third kappa shape index (κ3) is 5.84. The van der Waals surface area contributed by atoms with Crippen LogP contribution in [0.2, 0.25) is 0 Å². The number of nitrogens with zero attached hydrogens (tertiary/aromatic N) is 1. The molecule has 304 valence electrons. The van der Waals surface area contributed by atoms with Crippen LogP contribution in [0.15, 0.2) is 126 Å². The molecule has 10 aromatic rings. The third-order valence-corrected chi connectivity index (χ3v) is 16.5. The summed E-state index contributed by atoms with van der Waals surface area (Å²) < 4.78 is 6.73. The maximum atomic E-state index is 6.73. The van der Waals surface area contributed by atoms with Crippen LogP contribution >= 0.6 is 0 Å². The number of rotatable bonds is 5. The number of fused-ring (bicyclic) bond motifs is 9. The zero-order valence-corrected chi connectivity index (χ0v) is 40.9. The van der Waals surface area contributed by atoms with E-state index in [1.54, 1.807) is 0 Å². The number of furan rings is 1. The highest BCUT2D eigenvalue weighted by atomic mass is 16.3. The van der Waals surface area contributed by atoms with Gasteiger partial charge in [-0.2, -0.15) is 0 Å². The molecule has 0 radical (unpaired) electrons. The van der Waals surface area contributed by atoms with E-state index < -0.39 is 0 Å². The number of hydrogen-bond donors (Lipinski definition) is 0. The molecule has 0 atom stereocenters. The molecule has 11 rings (SSSR count). The molecule has 0 fully saturated rings. The average Bonchev–Trinajstić information content (AvgIpc) is 3.83. The Balaban J connectivity index is 1.21. The van der Waals surface area contributed by atoms with Gasteiger partial charge in [0.25, 0.3) is 0 Å². The van der Waals surface area contributed by atoms with E-state index in [0.29, 0.717) is 0 Å². The van der Waals surface area contributed by atoms with Gasteiger partial charge in [0.15, 0.2) is 0 Å². The molecular formula is C53H48B11NO. The van der Waals surface area contributed by atoms with Gasteiger partial charge >= 0.3 is 0 Å². The number of anilines is 3. The summed E-state index contributed by atoms with van der Waals surface area (Å²) in [6.45, 7) is 4.82. The molecular weight excluding hydrogens is 786 g/mol. The first-order valence-electron chi connectivity index (χ1n) is 23.7. The fraction of sp³-hybridized carbons (Fsp3) is 0.0566. The summed E-state index contributed by atoms with van der Waals surface area (Å²) in [6.07, 6.45) is 0. The Kier molecular flexibility index (Phi) is 9.76. The molecule has 0 N–H and O–H groups in total. The van der Waals surface area contributed by atoms with Crippen molar-refractivity contribution in [2.24, 2.45) is 0 Å². The van der Waals surface area contributed by atoms with Crippen LogP contribution in [0.1, 0.15) is 25.0 Å². The lowest BCUT2D eigenvalue weighted by molar-refractivity contribution is 0.662. The van der Waals surface area contributed by atoms with Gasteiger partial charge < -0.3 is 9.32 Å². The Morgan fingerprint density at radius 2 is 1.00 bits per heavy atom. The minimum atomic E-state index is -0.133. The standard InChI is InChI=1S/C53H48B11NO/c1-53(2)32-18-6-5-14-28(32)29-16-8-17-30(38(29)53)35-39(54)47(62)51(48(63)40(35)55)65(50-37-36(42(57)46(61)49(50)64)41(56)44(59)45(60)43(37)58)25-12-7-11-24(22-25)26-15-9-19-33-34(26)31-21-20-23-10-3-4-13-27(23)52(31)66-33/h3-22H,54-64H2,1-2H3. The van der Waals surface area contributed by atoms with Gasteiger partial charge in [-0.15, -0.1) is 10.9 Å². The predicted octanol–water partition coefficient (Wildman–Crippen LogP) is -4.16. The van der Waals surface area contributed by atoms with Crippen LogP contribution in [0.5, 0.6) is 0 Å². The van der Waals surface area contributed by atoms with Gasteiger partial charge in [0, 0.05) is 38.6 Å². The first kappa shape index (κ1) is 42.5. The second-order valence-corrected chi connectivity index (χ2v) is 19.9. The molecule has 0 unspecified atom stereocenters. The van der Waals surface area contributed by atoms with Gasteiger partial charge in [-0.3, -0.25) is 0 Å². The van der Waals surface area contributed by atoms with Gasteiger partial charge in [0.2, 0.25) is 0 Å². The van der Waals surface area contributed by atoms with E-state index >= 15 is 0 Å². The van der Waals surface area contributed by atoms with Gasteiger partial charge in [-0.25, -0.2) is 0 Å². The Labute approximate surface area is 399 Å². The summed E-state index contributed by atoms with van der Waals surface area (Å²) in [5.74, 6) is 0. The normalized spacial score (nSPS) is 12.9. The first-order chi connectivity index (χ1) is 31.6. The summed E-state index contributed by atoms with van der Waals surface area (Å²) in [4.78, 5) is 2.65. The first-order valence-corrected chi connectivity index (χ1v) is 23.7. The monoisotopic (exact) mass is 835 g/mol. The molecule has 0 saturated carbocycles. The third-order valence-electron chi connectivity index (χ3n) is 16.5. The molecule has 0 aliphatic heterocycles. The van der Waals surface area contributed by atoms with Crippen molar-refractivity contribution in [2.75, 3.05) is 4.90 Å². The van der Waals surface area contributed by atoms with E-state index in [2.05, 4.69) is 226 Å². The Hall–Kier alpha value is -6.19. The van der Waals surface area contributed by atoms with E-state index in [1.165, 1.54) is 127 Å². The van der Waals surface area contributed by atoms with Gasteiger partial charge in [0.1, 0.15) is 97.5 Å². The Morgan fingerprint density at radius 3 is 1.74 bits per heavy atom. The van der Waals surface area contributed by atoms with Crippen LogP contribution in [0, 0.1) is 0 Å². The molecule has 1 aromatic heterocycles. The highest BCUT2D eigenvalue weighted by molar-refractivity contribution is 6.72. The maximum Gasteiger partial charge on any atom is 0.143 e. The molecule has 9 aromatic carbocycles. The summed E-state index contributed by atoms with van der Waals surface area (Å²) in [7, 11) is 25.8. The highest BCUT2D eigenvalue weighted by Gasteiger charge is 2.38. The Morgan fingerprint density at radius 1 is 0.424 bits per heavy atom. The van der Waals surface area contributed by atoms with E-state index in [-0.39, 0.29) is 5.41 Å². The fourth-order valence-corrected chi connectivity index (χ4v) is 12.3. The van der Waals surface area contributed by atoms with E-state index in [9.17, 15) is 0 Å². The van der Waals surface area contributed by atoms with Crippen molar-refractivity contribution in [2.45, 2.75) is 19.3 Å². The fourth-order valence-electron chi connectivity index (χ4n) is 12.3. The van der Waals surface area contributed by atoms with E-state index in [1.807, 2.05) is 0 Å². The van der Waals surface area contributed by atoms with Gasteiger partial charge in [-0.1, -0.05) is 160 Å². The lowest BCUT2D eigenvalue weighted by Crippen LogP contribution is -2.53. The molecule has 1 heterocycles. The number of benzene rings is 9. The lowest BCUT2D eigenvalue weighted by atomic mass is 9.59. The smallest absolute Gasteiger partial charge is 0.143 e. The topological polar surface area (TPSA) is 16.4 Å². The summed E-state index contributed by atoms with van der Waals surface area (Å²) in [5.41, 5.74) is 30.6. The SMILES string of the molecule is Bc1c(B)c(N(c2cccc(-c3cccc4oc5c6ccccc6ccc5c34)c2)c2c(B)c(B)c(B)c3c(B)c(B)c(B)c(B)c23)c(B)c(B)c1-c1cccc2c1C(C)(C)c1ccccc1-2. The van der Waals surface area contributed by atoms with Crippen molar-refractivity contribution in [3.05, 3.63) is 132 Å². The van der Waals surface area contributed by atoms with Crippen molar-refractivity contribution >= 4 is 207 Å². The summed E-state index contributed by atoms with van der Waals surface area (Å²) >= 11 is 0. The number of hydrogen-bond acceptors (Lipinski definition) is 2. The van der Waals surface area contributed by atoms with Crippen molar-refractivity contribution in [3.8, 4) is 33.4 Å². The average molecular weight is 834 g/mol. The minimum absolute atomic E-state index is 0.133. The van der Waals surface area contributed by atoms with E-state index in [4.69, 9.17) is 4.42 Å². The molecule has 1 aliphatic rings. The molecule has 66 heavy (non-hydrogen) atoms. The zero-order chi connectivity index (χ0) is 46.2. The van der Waals surface area contributed by atoms with E-state index in [0.717, 1.165) is 38.6 Å². The summed E-state index contributed by atoms with van der Waals surface area (Å²) in [5, 5.41) is 7.33. The molecule has 2 nitrogen and oxygen atoms in total. The van der Waals surface area contributed by atoms with Crippen LogP contribution in [-0.4, -0.2) is 86.3 Å². The van der Waals surface area contributed by atoms with Crippen molar-refractivity contribution in [1.82, 2.24) is 0 Å². The maximum absolute atomic E-state index is 6.73. The molecule has 13 heteroatoms. The van der Waals surface area contributed by atoms with Gasteiger partial charge in [0.05, 0.1) is 0 Å². The second kappa shape index (κ2) is 15.2. The van der Waals surface area contributed by atoms with Crippen LogP contribution in [0.4, 0.5) is 17.1 Å². The molecule has 0 spiro atoms. The molecule has 0 amide bonds. The van der Waals surface area contributed by atoms with Crippen molar-refractivity contribution < 1.29 is 4.42 Å². The molecule has 1 aliphatic carbocycles. The van der Waals surface area contributed by atoms with Crippen LogP contribution < -0.4 is 65.0 Å². The molecule has 0 bridgehead atoms. The lowest BCUT2D eigenvalue weighted by Gasteiger charge is -2.37. The van der Waals surface area contributed by atoms with Crippen molar-refractivity contribution in [3.63, 3.8) is 0 Å².